The zero-order chi connectivity index (χ0) is 13.4. The number of nitriles is 1. The van der Waals surface area contributed by atoms with Crippen molar-refractivity contribution in [1.29, 1.82) is 5.26 Å². The van der Waals surface area contributed by atoms with E-state index < -0.39 is 18.0 Å². The first-order valence-corrected chi connectivity index (χ1v) is 5.49. The third-order valence-electron chi connectivity index (χ3n) is 2.72. The zero-order valence-corrected chi connectivity index (χ0v) is 10.1. The number of hydrogen-bond acceptors (Lipinski definition) is 4. The molecule has 2 unspecified atom stereocenters. The molecule has 0 amide bonds. The molecule has 0 saturated carbocycles. The summed E-state index contributed by atoms with van der Waals surface area (Å²) in [6.07, 6.45) is 0.494. The lowest BCUT2D eigenvalue weighted by molar-refractivity contribution is -0.146. The Morgan fingerprint density at radius 3 is 2.35 bits per heavy atom. The van der Waals surface area contributed by atoms with Gasteiger partial charge in [0.15, 0.2) is 0 Å². The molecule has 0 saturated heterocycles. The Bertz CT molecular complexity index is 311. The highest BCUT2D eigenvalue weighted by molar-refractivity contribution is 5.74. The molecule has 0 aliphatic heterocycles. The van der Waals surface area contributed by atoms with Crippen LogP contribution in [0.1, 0.15) is 26.7 Å². The second kappa shape index (κ2) is 7.63. The van der Waals surface area contributed by atoms with E-state index in [9.17, 15) is 9.59 Å². The third-order valence-corrected chi connectivity index (χ3v) is 2.72. The molecule has 0 heterocycles. The number of hydrogen-bond donors (Lipinski definition) is 2. The van der Waals surface area contributed by atoms with E-state index in [1.165, 1.54) is 4.90 Å². The molecular formula is C11H18N2O4. The molecule has 0 radical (unpaired) electrons. The first kappa shape index (κ1) is 15.4. The van der Waals surface area contributed by atoms with Crippen LogP contribution < -0.4 is 0 Å². The highest BCUT2D eigenvalue weighted by Gasteiger charge is 2.30. The van der Waals surface area contributed by atoms with Crippen LogP contribution in [0.15, 0.2) is 0 Å². The Morgan fingerprint density at radius 1 is 1.41 bits per heavy atom. The van der Waals surface area contributed by atoms with Gasteiger partial charge in [-0.15, -0.1) is 0 Å². The smallest absolute Gasteiger partial charge is 0.321 e. The fourth-order valence-electron chi connectivity index (χ4n) is 1.63. The second-order valence-corrected chi connectivity index (χ2v) is 3.94. The summed E-state index contributed by atoms with van der Waals surface area (Å²) in [4.78, 5) is 23.1. The van der Waals surface area contributed by atoms with E-state index in [0.29, 0.717) is 6.42 Å². The van der Waals surface area contributed by atoms with Crippen LogP contribution in [0.5, 0.6) is 0 Å². The van der Waals surface area contributed by atoms with Crippen molar-refractivity contribution in [1.82, 2.24) is 4.90 Å². The van der Waals surface area contributed by atoms with Crippen LogP contribution >= 0.6 is 0 Å². The van der Waals surface area contributed by atoms with Crippen molar-refractivity contribution in [2.45, 2.75) is 32.7 Å². The van der Waals surface area contributed by atoms with Gasteiger partial charge in [0.05, 0.1) is 19.0 Å². The minimum Gasteiger partial charge on any atom is -0.481 e. The van der Waals surface area contributed by atoms with Crippen molar-refractivity contribution in [3.63, 3.8) is 0 Å². The SMILES string of the molecule is CCC(C)C(C(=O)O)N(CC#N)CCC(=O)O. The fraction of sp³-hybridized carbons (Fsp3) is 0.727. The van der Waals surface area contributed by atoms with Crippen molar-refractivity contribution in [2.75, 3.05) is 13.1 Å². The number of carboxylic acid groups (broad SMARTS) is 2. The molecule has 0 aromatic heterocycles. The number of carboxylic acids is 2. The second-order valence-electron chi connectivity index (χ2n) is 3.94. The van der Waals surface area contributed by atoms with Crippen LogP contribution in [0.2, 0.25) is 0 Å². The Morgan fingerprint density at radius 2 is 2.00 bits per heavy atom. The lowest BCUT2D eigenvalue weighted by Gasteiger charge is -2.29. The highest BCUT2D eigenvalue weighted by Crippen LogP contribution is 2.15. The standard InChI is InChI=1S/C11H18N2O4/c1-3-8(2)10(11(16)17)13(7-5-12)6-4-9(14)15/h8,10H,3-4,6-7H2,1-2H3,(H,14,15)(H,16,17). The van der Waals surface area contributed by atoms with Gasteiger partial charge in [-0.3, -0.25) is 14.5 Å². The predicted octanol–water partition coefficient (Wildman–Crippen LogP) is 0.786. The Hall–Kier alpha value is -1.61. The Balaban J connectivity index is 4.77. The van der Waals surface area contributed by atoms with Gasteiger partial charge in [0.2, 0.25) is 0 Å². The molecule has 2 atom stereocenters. The normalized spacial score (nSPS) is 14.0. The minimum atomic E-state index is -1.01. The topological polar surface area (TPSA) is 102 Å². The molecule has 0 aliphatic carbocycles. The van der Waals surface area contributed by atoms with Crippen LogP contribution in [0.3, 0.4) is 0 Å². The van der Waals surface area contributed by atoms with Gasteiger partial charge in [-0.1, -0.05) is 20.3 Å². The van der Waals surface area contributed by atoms with Gasteiger partial charge in [0.1, 0.15) is 6.04 Å². The Labute approximate surface area is 100 Å². The van der Waals surface area contributed by atoms with Crippen molar-refractivity contribution in [3.8, 4) is 6.07 Å². The first-order valence-electron chi connectivity index (χ1n) is 5.49. The van der Waals surface area contributed by atoms with Crippen LogP contribution in [0.4, 0.5) is 0 Å². The van der Waals surface area contributed by atoms with E-state index in [4.69, 9.17) is 15.5 Å². The van der Waals surface area contributed by atoms with Crippen LogP contribution in [0, 0.1) is 17.2 Å². The minimum absolute atomic E-state index is 0.0736. The molecule has 0 spiro atoms. The molecule has 0 aliphatic rings. The maximum absolute atomic E-state index is 11.2. The summed E-state index contributed by atoms with van der Waals surface area (Å²) in [7, 11) is 0. The van der Waals surface area contributed by atoms with Crippen LogP contribution in [-0.2, 0) is 9.59 Å². The highest BCUT2D eigenvalue weighted by atomic mass is 16.4. The van der Waals surface area contributed by atoms with Gasteiger partial charge in [0, 0.05) is 6.54 Å². The lowest BCUT2D eigenvalue weighted by atomic mass is 9.97. The fourth-order valence-corrected chi connectivity index (χ4v) is 1.63. The number of rotatable bonds is 8. The summed E-state index contributed by atoms with van der Waals surface area (Å²) in [5, 5.41) is 26.4. The van der Waals surface area contributed by atoms with E-state index in [0.717, 1.165) is 0 Å². The summed E-state index contributed by atoms with van der Waals surface area (Å²) in [5.41, 5.74) is 0. The molecule has 17 heavy (non-hydrogen) atoms. The molecule has 6 nitrogen and oxygen atoms in total. The van der Waals surface area contributed by atoms with Crippen molar-refractivity contribution >= 4 is 11.9 Å². The molecule has 6 heteroatoms. The van der Waals surface area contributed by atoms with Crippen molar-refractivity contribution in [3.05, 3.63) is 0 Å². The van der Waals surface area contributed by atoms with Gasteiger partial charge in [-0.2, -0.15) is 5.26 Å². The molecular weight excluding hydrogens is 224 g/mol. The predicted molar refractivity (Wildman–Crippen MR) is 60.3 cm³/mol. The third kappa shape index (κ3) is 5.31. The monoisotopic (exact) mass is 242 g/mol. The average Bonchev–Trinajstić information content (AvgIpc) is 2.25. The molecule has 0 aromatic rings. The van der Waals surface area contributed by atoms with E-state index in [-0.39, 0.29) is 25.4 Å². The summed E-state index contributed by atoms with van der Waals surface area (Å²) < 4.78 is 0. The number of aliphatic carboxylic acids is 2. The first-order chi connectivity index (χ1) is 7.93. The molecule has 0 rings (SSSR count). The summed E-state index contributed by atoms with van der Waals surface area (Å²) in [5.74, 6) is -2.14. The summed E-state index contributed by atoms with van der Waals surface area (Å²) >= 11 is 0. The largest absolute Gasteiger partial charge is 0.481 e. The van der Waals surface area contributed by atoms with E-state index >= 15 is 0 Å². The molecule has 0 aromatic carbocycles. The van der Waals surface area contributed by atoms with E-state index in [1.54, 1.807) is 6.92 Å². The van der Waals surface area contributed by atoms with Gasteiger partial charge in [0.25, 0.3) is 0 Å². The zero-order valence-electron chi connectivity index (χ0n) is 10.1. The molecule has 0 fully saturated rings. The van der Waals surface area contributed by atoms with Gasteiger partial charge in [-0.25, -0.2) is 0 Å². The van der Waals surface area contributed by atoms with Crippen LogP contribution in [0.25, 0.3) is 0 Å². The molecule has 96 valence electrons. The molecule has 0 bridgehead atoms. The summed E-state index contributed by atoms with van der Waals surface area (Å²) in [6.45, 7) is 3.64. The maximum atomic E-state index is 11.2. The maximum Gasteiger partial charge on any atom is 0.321 e. The summed E-state index contributed by atoms with van der Waals surface area (Å²) in [6, 6.07) is 1.07. The average molecular weight is 242 g/mol. The molecule has 2 N–H and O–H groups in total. The van der Waals surface area contributed by atoms with Crippen molar-refractivity contribution in [2.24, 2.45) is 5.92 Å². The van der Waals surface area contributed by atoms with Gasteiger partial charge >= 0.3 is 11.9 Å². The van der Waals surface area contributed by atoms with Crippen molar-refractivity contribution < 1.29 is 19.8 Å². The van der Waals surface area contributed by atoms with Gasteiger partial charge in [-0.05, 0) is 5.92 Å². The van der Waals surface area contributed by atoms with E-state index in [1.807, 2.05) is 13.0 Å². The Kier molecular flexibility index (Phi) is 6.91. The quantitative estimate of drug-likeness (QED) is 0.610. The van der Waals surface area contributed by atoms with Gasteiger partial charge < -0.3 is 10.2 Å². The number of carbonyl (C=O) groups is 2. The lowest BCUT2D eigenvalue weighted by Crippen LogP contribution is -2.46. The number of nitrogens with zero attached hydrogens (tertiary/aromatic N) is 2. The van der Waals surface area contributed by atoms with Crippen LogP contribution in [-0.4, -0.2) is 46.2 Å². The van der Waals surface area contributed by atoms with E-state index in [2.05, 4.69) is 0 Å².